The lowest BCUT2D eigenvalue weighted by Crippen LogP contribution is -2.28. The first-order valence-electron chi connectivity index (χ1n) is 9.42. The predicted octanol–water partition coefficient (Wildman–Crippen LogP) is 4.20. The van der Waals surface area contributed by atoms with Crippen LogP contribution in [0.2, 0.25) is 0 Å². The van der Waals surface area contributed by atoms with Crippen LogP contribution in [-0.4, -0.2) is 40.5 Å². The fourth-order valence-electron chi connectivity index (χ4n) is 3.58. The van der Waals surface area contributed by atoms with E-state index in [2.05, 4.69) is 74.3 Å². The molecule has 1 aromatic carbocycles. The lowest BCUT2D eigenvalue weighted by atomic mass is 10.0. The van der Waals surface area contributed by atoms with E-state index in [-0.39, 0.29) is 0 Å². The van der Waals surface area contributed by atoms with Crippen molar-refractivity contribution in [1.82, 2.24) is 14.9 Å². The molecule has 26 heavy (non-hydrogen) atoms. The Hall–Kier alpha value is -2.14. The van der Waals surface area contributed by atoms with E-state index in [1.165, 1.54) is 16.7 Å². The van der Waals surface area contributed by atoms with Crippen molar-refractivity contribution in [1.29, 1.82) is 0 Å². The molecule has 3 unspecified atom stereocenters. The van der Waals surface area contributed by atoms with Crippen molar-refractivity contribution in [2.45, 2.75) is 53.6 Å². The van der Waals surface area contributed by atoms with E-state index in [9.17, 15) is 0 Å². The van der Waals surface area contributed by atoms with E-state index >= 15 is 0 Å². The third-order valence-corrected chi connectivity index (χ3v) is 6.17. The summed E-state index contributed by atoms with van der Waals surface area (Å²) in [6, 6.07) is 5.21. The molecule has 0 aliphatic carbocycles. The molecule has 1 saturated heterocycles. The quantitative estimate of drug-likeness (QED) is 0.862. The van der Waals surface area contributed by atoms with Gasteiger partial charge in [-0.25, -0.2) is 4.98 Å². The van der Waals surface area contributed by atoms with Crippen LogP contribution in [-0.2, 0) is 0 Å². The molecule has 2 heterocycles. The summed E-state index contributed by atoms with van der Waals surface area (Å²) in [4.78, 5) is 11.6. The van der Waals surface area contributed by atoms with Gasteiger partial charge in [-0.1, -0.05) is 13.0 Å². The Bertz CT molecular complexity index is 801. The number of aromatic nitrogens is 2. The second-order valence-electron chi connectivity index (χ2n) is 7.82. The number of likely N-dealkylation sites (tertiary alicyclic amines) is 1. The van der Waals surface area contributed by atoms with Gasteiger partial charge in [-0.3, -0.25) is 0 Å². The number of hydrogen-bond donors (Lipinski definition) is 2. The van der Waals surface area contributed by atoms with Crippen molar-refractivity contribution >= 4 is 17.5 Å². The Labute approximate surface area is 157 Å². The van der Waals surface area contributed by atoms with Gasteiger partial charge in [0.1, 0.15) is 5.82 Å². The predicted molar refractivity (Wildman–Crippen MR) is 109 cm³/mol. The van der Waals surface area contributed by atoms with E-state index in [0.717, 1.165) is 23.6 Å². The summed E-state index contributed by atoms with van der Waals surface area (Å²) in [5.41, 5.74) is 6.03. The zero-order valence-electron chi connectivity index (χ0n) is 17.0. The van der Waals surface area contributed by atoms with Gasteiger partial charge >= 0.3 is 0 Å². The van der Waals surface area contributed by atoms with Crippen LogP contribution in [0, 0.1) is 33.6 Å². The second-order valence-corrected chi connectivity index (χ2v) is 7.82. The average molecular weight is 354 g/mol. The van der Waals surface area contributed by atoms with Crippen LogP contribution in [0.1, 0.15) is 36.1 Å². The van der Waals surface area contributed by atoms with Gasteiger partial charge in [-0.15, -0.1) is 0 Å². The van der Waals surface area contributed by atoms with Crippen LogP contribution in [0.4, 0.5) is 17.5 Å². The summed E-state index contributed by atoms with van der Waals surface area (Å²) in [7, 11) is 2.17. The molecule has 1 aliphatic heterocycles. The maximum Gasteiger partial charge on any atom is 0.224 e. The maximum absolute atomic E-state index is 4.76. The SMILES string of the molecule is Cc1cnc(NC2CN(C)C(C)C2C)nc1Nc1ccc(C)c(C)c1C. The van der Waals surface area contributed by atoms with Crippen molar-refractivity contribution < 1.29 is 0 Å². The number of hydrogen-bond acceptors (Lipinski definition) is 5. The van der Waals surface area contributed by atoms with Gasteiger partial charge in [0.2, 0.25) is 5.95 Å². The molecule has 3 atom stereocenters. The largest absolute Gasteiger partial charge is 0.350 e. The Morgan fingerprint density at radius 3 is 2.42 bits per heavy atom. The normalized spacial score (nSPS) is 23.3. The van der Waals surface area contributed by atoms with Crippen LogP contribution in [0.15, 0.2) is 18.3 Å². The number of nitrogens with one attached hydrogen (secondary N) is 2. The minimum atomic E-state index is 0.369. The fraction of sp³-hybridized carbons (Fsp3) is 0.524. The lowest BCUT2D eigenvalue weighted by molar-refractivity contribution is 0.301. The molecule has 5 heteroatoms. The zero-order chi connectivity index (χ0) is 19.0. The topological polar surface area (TPSA) is 53.1 Å². The van der Waals surface area contributed by atoms with Crippen LogP contribution in [0.5, 0.6) is 0 Å². The summed E-state index contributed by atoms with van der Waals surface area (Å²) in [5, 5.41) is 7.04. The van der Waals surface area contributed by atoms with Crippen LogP contribution >= 0.6 is 0 Å². The molecule has 0 radical (unpaired) electrons. The Morgan fingerprint density at radius 2 is 1.77 bits per heavy atom. The van der Waals surface area contributed by atoms with Gasteiger partial charge in [0.05, 0.1) is 0 Å². The monoisotopic (exact) mass is 353 g/mol. The number of likely N-dealkylation sites (N-methyl/N-ethyl adjacent to an activating group) is 1. The molecule has 1 fully saturated rings. The van der Waals surface area contributed by atoms with E-state index < -0.39 is 0 Å². The van der Waals surface area contributed by atoms with Gasteiger partial charge in [0.25, 0.3) is 0 Å². The van der Waals surface area contributed by atoms with Crippen molar-refractivity contribution in [2.75, 3.05) is 24.2 Å². The fourth-order valence-corrected chi connectivity index (χ4v) is 3.58. The van der Waals surface area contributed by atoms with Crippen molar-refractivity contribution in [3.63, 3.8) is 0 Å². The lowest BCUT2D eigenvalue weighted by Gasteiger charge is -2.20. The highest BCUT2D eigenvalue weighted by Gasteiger charge is 2.34. The third kappa shape index (κ3) is 3.54. The average Bonchev–Trinajstić information content (AvgIpc) is 2.85. The summed E-state index contributed by atoms with van der Waals surface area (Å²) in [6.07, 6.45) is 1.89. The van der Waals surface area contributed by atoms with E-state index in [1.54, 1.807) is 0 Å². The molecule has 2 N–H and O–H groups in total. The number of rotatable bonds is 4. The Kier molecular flexibility index (Phi) is 5.19. The van der Waals surface area contributed by atoms with E-state index in [4.69, 9.17) is 4.98 Å². The summed E-state index contributed by atoms with van der Waals surface area (Å²) in [5.74, 6) is 2.11. The van der Waals surface area contributed by atoms with Gasteiger partial charge < -0.3 is 15.5 Å². The molecule has 0 bridgehead atoms. The van der Waals surface area contributed by atoms with Gasteiger partial charge in [-0.05, 0) is 70.3 Å². The highest BCUT2D eigenvalue weighted by atomic mass is 15.2. The first-order valence-corrected chi connectivity index (χ1v) is 9.42. The number of anilines is 3. The van der Waals surface area contributed by atoms with Gasteiger partial charge in [0, 0.05) is 36.1 Å². The van der Waals surface area contributed by atoms with Crippen molar-refractivity contribution in [3.05, 3.63) is 40.6 Å². The molecule has 0 amide bonds. The molecule has 1 aromatic heterocycles. The molecule has 5 nitrogen and oxygen atoms in total. The van der Waals surface area contributed by atoms with Crippen LogP contribution < -0.4 is 10.6 Å². The molecule has 0 saturated carbocycles. The smallest absolute Gasteiger partial charge is 0.224 e. The highest BCUT2D eigenvalue weighted by Crippen LogP contribution is 2.28. The standard InChI is InChI=1S/C21H31N5/c1-12-8-9-18(15(4)14(12)3)23-20-13(2)10-22-21(25-20)24-19-11-26(7)17(6)16(19)5/h8-10,16-17,19H,11H2,1-7H3,(H2,22,23,24,25). The first kappa shape index (κ1) is 18.6. The molecule has 140 valence electrons. The van der Waals surface area contributed by atoms with Gasteiger partial charge in [-0.2, -0.15) is 4.98 Å². The minimum Gasteiger partial charge on any atom is -0.350 e. The summed E-state index contributed by atoms with van der Waals surface area (Å²) < 4.78 is 0. The number of benzene rings is 1. The molecule has 1 aliphatic rings. The first-order chi connectivity index (χ1) is 12.3. The van der Waals surface area contributed by atoms with Crippen LogP contribution in [0.25, 0.3) is 0 Å². The minimum absolute atomic E-state index is 0.369. The van der Waals surface area contributed by atoms with Crippen LogP contribution in [0.3, 0.4) is 0 Å². The van der Waals surface area contributed by atoms with Gasteiger partial charge in [0.15, 0.2) is 0 Å². The zero-order valence-corrected chi connectivity index (χ0v) is 17.0. The molecule has 3 rings (SSSR count). The molecule has 2 aromatic rings. The second kappa shape index (κ2) is 7.23. The number of aryl methyl sites for hydroxylation is 2. The molecule has 0 spiro atoms. The molecular formula is C21H31N5. The summed E-state index contributed by atoms with van der Waals surface area (Å²) >= 11 is 0. The maximum atomic E-state index is 4.76. The van der Waals surface area contributed by atoms with Crippen molar-refractivity contribution in [2.24, 2.45) is 5.92 Å². The highest BCUT2D eigenvalue weighted by molar-refractivity contribution is 5.65. The van der Waals surface area contributed by atoms with E-state index in [0.29, 0.717) is 23.9 Å². The van der Waals surface area contributed by atoms with E-state index in [1.807, 2.05) is 13.1 Å². The Balaban J connectivity index is 1.82. The number of nitrogens with zero attached hydrogens (tertiary/aromatic N) is 3. The third-order valence-electron chi connectivity index (χ3n) is 6.17. The molecular weight excluding hydrogens is 322 g/mol. The summed E-state index contributed by atoms with van der Waals surface area (Å²) in [6.45, 7) is 14.1. The van der Waals surface area contributed by atoms with Crippen molar-refractivity contribution in [3.8, 4) is 0 Å². The Morgan fingerprint density at radius 1 is 1.04 bits per heavy atom.